The van der Waals surface area contributed by atoms with Crippen molar-refractivity contribution in [2.45, 2.75) is 32.8 Å². The Labute approximate surface area is 216 Å². The van der Waals surface area contributed by atoms with Crippen molar-refractivity contribution in [3.05, 3.63) is 59.8 Å². The zero-order valence-electron chi connectivity index (χ0n) is 20.7. The molecule has 0 aliphatic carbocycles. The number of benzene rings is 2. The van der Waals surface area contributed by atoms with Gasteiger partial charge in [0.1, 0.15) is 12.3 Å². The van der Waals surface area contributed by atoms with Gasteiger partial charge < -0.3 is 14.4 Å². The fraction of sp³-hybridized carbons (Fsp3) is 0.370. The van der Waals surface area contributed by atoms with Crippen molar-refractivity contribution in [2.75, 3.05) is 32.1 Å². The minimum absolute atomic E-state index is 0.0456. The second kappa shape index (κ2) is 11.6. The van der Waals surface area contributed by atoms with Gasteiger partial charge in [-0.3, -0.25) is 19.5 Å². The monoisotopic (exact) mass is 510 g/mol. The molecule has 0 bridgehead atoms. The molecule has 0 saturated carbocycles. The molecule has 0 radical (unpaired) electrons. The van der Waals surface area contributed by atoms with Crippen molar-refractivity contribution >= 4 is 29.4 Å². The summed E-state index contributed by atoms with van der Waals surface area (Å²) in [7, 11) is 1.60. The molecule has 1 aromatic heterocycles. The number of halogens is 1. The zero-order chi connectivity index (χ0) is 25.7. The molecule has 9 heteroatoms. The largest absolute Gasteiger partial charge is 0.497 e. The maximum Gasteiger partial charge on any atom is 0.246 e. The van der Waals surface area contributed by atoms with Crippen LogP contribution in [0.5, 0.6) is 5.75 Å². The average molecular weight is 511 g/mol. The molecular formula is C27H31ClN4O4. The molecule has 2 amide bonds. The summed E-state index contributed by atoms with van der Waals surface area (Å²) >= 11 is 6.05. The van der Waals surface area contributed by atoms with Crippen LogP contribution in [0.25, 0.3) is 16.9 Å². The van der Waals surface area contributed by atoms with E-state index in [0.29, 0.717) is 35.6 Å². The van der Waals surface area contributed by atoms with E-state index in [4.69, 9.17) is 26.1 Å². The molecular weight excluding hydrogens is 480 g/mol. The lowest BCUT2D eigenvalue weighted by atomic mass is 10.1. The normalized spacial score (nSPS) is 15.2. The minimum atomic E-state index is -0.334. The number of rotatable bonds is 9. The van der Waals surface area contributed by atoms with Crippen LogP contribution in [0.3, 0.4) is 0 Å². The Bertz CT molecular complexity index is 1200. The van der Waals surface area contributed by atoms with Gasteiger partial charge in [0.25, 0.3) is 0 Å². The summed E-state index contributed by atoms with van der Waals surface area (Å²) in [6.45, 7) is 4.65. The number of carbonyl (C=O) groups excluding carboxylic acids is 2. The van der Waals surface area contributed by atoms with Crippen LogP contribution >= 0.6 is 11.6 Å². The summed E-state index contributed by atoms with van der Waals surface area (Å²) in [6, 6.07) is 14.8. The molecule has 1 atom stereocenters. The molecule has 1 N–H and O–H groups in total. The van der Waals surface area contributed by atoms with Gasteiger partial charge in [-0.15, -0.1) is 0 Å². The third-order valence-corrected chi connectivity index (χ3v) is 6.27. The van der Waals surface area contributed by atoms with Gasteiger partial charge in [-0.1, -0.05) is 43.6 Å². The first-order valence-corrected chi connectivity index (χ1v) is 12.4. The third kappa shape index (κ3) is 6.25. The number of aromatic nitrogens is 2. The summed E-state index contributed by atoms with van der Waals surface area (Å²) in [5, 5.41) is 3.53. The van der Waals surface area contributed by atoms with Gasteiger partial charge in [0.05, 0.1) is 24.6 Å². The Balaban J connectivity index is 1.61. The molecule has 1 aliphatic rings. The smallest absolute Gasteiger partial charge is 0.246 e. The summed E-state index contributed by atoms with van der Waals surface area (Å²) in [6.07, 6.45) is 3.65. The predicted octanol–water partition coefficient (Wildman–Crippen LogP) is 4.80. The van der Waals surface area contributed by atoms with Crippen LogP contribution in [0, 0.1) is 5.92 Å². The van der Waals surface area contributed by atoms with E-state index < -0.39 is 0 Å². The topological polar surface area (TPSA) is 85.7 Å². The van der Waals surface area contributed by atoms with Crippen LogP contribution in [0.2, 0.25) is 5.02 Å². The zero-order valence-corrected chi connectivity index (χ0v) is 21.5. The first-order valence-electron chi connectivity index (χ1n) is 12.0. The number of carbonyl (C=O) groups is 2. The van der Waals surface area contributed by atoms with Crippen LogP contribution < -0.4 is 10.1 Å². The van der Waals surface area contributed by atoms with Gasteiger partial charge in [-0.05, 0) is 37.1 Å². The maximum absolute atomic E-state index is 13.2. The van der Waals surface area contributed by atoms with E-state index in [9.17, 15) is 9.59 Å². The van der Waals surface area contributed by atoms with E-state index in [2.05, 4.69) is 5.32 Å². The number of nitrogens with zero attached hydrogens (tertiary/aromatic N) is 3. The van der Waals surface area contributed by atoms with Crippen molar-refractivity contribution in [3.63, 3.8) is 0 Å². The first-order chi connectivity index (χ1) is 17.3. The summed E-state index contributed by atoms with van der Waals surface area (Å²) in [5.41, 5.74) is 2.29. The van der Waals surface area contributed by atoms with Gasteiger partial charge in [0.2, 0.25) is 17.8 Å². The summed E-state index contributed by atoms with van der Waals surface area (Å²) in [5.74, 6) is 0.372. The molecule has 4 rings (SSSR count). The Kier molecular flexibility index (Phi) is 8.28. The second-order valence-corrected chi connectivity index (χ2v) is 9.52. The molecule has 0 spiro atoms. The highest BCUT2D eigenvalue weighted by Gasteiger charge is 2.26. The van der Waals surface area contributed by atoms with Crippen molar-refractivity contribution in [2.24, 2.45) is 5.92 Å². The Morgan fingerprint density at radius 3 is 2.69 bits per heavy atom. The van der Waals surface area contributed by atoms with Crippen molar-refractivity contribution < 1.29 is 19.1 Å². The van der Waals surface area contributed by atoms with E-state index >= 15 is 0 Å². The Morgan fingerprint density at radius 1 is 1.25 bits per heavy atom. The highest BCUT2D eigenvalue weighted by molar-refractivity contribution is 6.30. The highest BCUT2D eigenvalue weighted by atomic mass is 35.5. The average Bonchev–Trinajstić information content (AvgIpc) is 3.53. The Hall–Kier alpha value is -3.36. The molecule has 3 aromatic rings. The number of hydrogen-bond donors (Lipinski definition) is 1. The van der Waals surface area contributed by atoms with Crippen molar-refractivity contribution in [1.29, 1.82) is 0 Å². The van der Waals surface area contributed by atoms with Crippen LogP contribution in [-0.2, 0) is 14.3 Å². The lowest BCUT2D eigenvalue weighted by molar-refractivity contribution is -0.139. The van der Waals surface area contributed by atoms with Gasteiger partial charge >= 0.3 is 0 Å². The fourth-order valence-corrected chi connectivity index (χ4v) is 4.28. The van der Waals surface area contributed by atoms with E-state index in [1.165, 1.54) is 0 Å². The highest BCUT2D eigenvalue weighted by Crippen LogP contribution is 2.27. The van der Waals surface area contributed by atoms with Crippen LogP contribution in [0.4, 0.5) is 5.95 Å². The van der Waals surface area contributed by atoms with Crippen molar-refractivity contribution in [1.82, 2.24) is 14.5 Å². The van der Waals surface area contributed by atoms with Gasteiger partial charge in [-0.2, -0.15) is 0 Å². The number of hydrogen-bond acceptors (Lipinski definition) is 5. The van der Waals surface area contributed by atoms with Crippen LogP contribution in [0.15, 0.2) is 54.7 Å². The van der Waals surface area contributed by atoms with Gasteiger partial charge in [0.15, 0.2) is 0 Å². The van der Waals surface area contributed by atoms with Crippen molar-refractivity contribution in [3.8, 4) is 22.7 Å². The molecule has 2 heterocycles. The number of anilines is 1. The molecule has 1 saturated heterocycles. The molecule has 2 aromatic carbocycles. The first kappa shape index (κ1) is 25.7. The maximum atomic E-state index is 13.2. The Morgan fingerprint density at radius 2 is 2.03 bits per heavy atom. The van der Waals surface area contributed by atoms with Gasteiger partial charge in [-0.25, -0.2) is 4.98 Å². The minimum Gasteiger partial charge on any atom is -0.497 e. The van der Waals surface area contributed by atoms with E-state index in [1.54, 1.807) is 28.7 Å². The number of ether oxygens (including phenoxy) is 2. The molecule has 1 unspecified atom stereocenters. The molecule has 1 aliphatic heterocycles. The van der Waals surface area contributed by atoms with E-state index in [1.807, 2.05) is 56.4 Å². The summed E-state index contributed by atoms with van der Waals surface area (Å²) < 4.78 is 12.9. The lowest BCUT2D eigenvalue weighted by Crippen LogP contribution is -2.44. The van der Waals surface area contributed by atoms with E-state index in [-0.39, 0.29) is 30.4 Å². The molecule has 36 heavy (non-hydrogen) atoms. The third-order valence-electron chi connectivity index (χ3n) is 6.02. The summed E-state index contributed by atoms with van der Waals surface area (Å²) in [4.78, 5) is 32.3. The van der Waals surface area contributed by atoms with E-state index in [0.717, 1.165) is 24.1 Å². The second-order valence-electron chi connectivity index (χ2n) is 9.08. The number of amides is 2. The number of nitrogens with one attached hydrogen (secondary N) is 1. The quantitative estimate of drug-likeness (QED) is 0.447. The standard InChI is InChI=1S/C27H31ClN4O4/c1-18(2)26(34)31(15-23-8-5-13-36-23)17-25(33)30-27-29-24(19-9-11-20(28)12-10-19)16-32(27)21-6-4-7-22(14-21)35-3/h4,6-7,9-12,14,16,18,23H,5,8,13,15,17H2,1-3H3,(H,29,30,33). The fourth-order valence-electron chi connectivity index (χ4n) is 4.15. The SMILES string of the molecule is COc1cccc(-n2cc(-c3ccc(Cl)cc3)nc2NC(=O)CN(CC2CCCO2)C(=O)C(C)C)c1. The van der Waals surface area contributed by atoms with Crippen LogP contribution in [0.1, 0.15) is 26.7 Å². The molecule has 1 fully saturated rings. The lowest BCUT2D eigenvalue weighted by Gasteiger charge is -2.26. The number of imidazole rings is 1. The predicted molar refractivity (Wildman–Crippen MR) is 140 cm³/mol. The molecule has 8 nitrogen and oxygen atoms in total. The van der Waals surface area contributed by atoms with Gasteiger partial charge in [0, 0.05) is 41.9 Å². The number of methoxy groups -OCH3 is 1. The van der Waals surface area contributed by atoms with Crippen LogP contribution in [-0.4, -0.2) is 59.2 Å². The molecule has 190 valence electrons.